The molecule has 4 nitrogen and oxygen atoms in total. The number of phenolic OH excluding ortho intramolecular Hbond substituents is 1. The standard InChI is InChI=1S/C13H11Cl2NO3S/c14-10-5-11(15)7-13(6-10)20(18,19)16-8-9-1-3-12(17)4-2-9/h1-7,16-17H,8H2. The second-order valence-corrected chi connectivity index (χ2v) is 6.74. The molecular formula is C13H11Cl2NO3S. The summed E-state index contributed by atoms with van der Waals surface area (Å²) in [5.74, 6) is 0.123. The lowest BCUT2D eigenvalue weighted by Crippen LogP contribution is -2.23. The van der Waals surface area contributed by atoms with Gasteiger partial charge in [-0.15, -0.1) is 0 Å². The number of benzene rings is 2. The van der Waals surface area contributed by atoms with Gasteiger partial charge >= 0.3 is 0 Å². The highest BCUT2D eigenvalue weighted by Gasteiger charge is 2.15. The number of phenols is 1. The van der Waals surface area contributed by atoms with Crippen LogP contribution in [0.3, 0.4) is 0 Å². The fourth-order valence-electron chi connectivity index (χ4n) is 1.56. The lowest BCUT2D eigenvalue weighted by atomic mass is 10.2. The maximum atomic E-state index is 12.1. The van der Waals surface area contributed by atoms with Crippen LogP contribution < -0.4 is 4.72 Å². The minimum Gasteiger partial charge on any atom is -0.508 e. The molecule has 0 saturated heterocycles. The van der Waals surface area contributed by atoms with Crippen LogP contribution in [0.1, 0.15) is 5.56 Å². The van der Waals surface area contributed by atoms with Gasteiger partial charge in [-0.25, -0.2) is 13.1 Å². The van der Waals surface area contributed by atoms with Crippen LogP contribution in [0, 0.1) is 0 Å². The Morgan fingerprint density at radius 1 is 1.00 bits per heavy atom. The third-order valence-corrected chi connectivity index (χ3v) is 4.37. The van der Waals surface area contributed by atoms with Crippen molar-refractivity contribution in [2.75, 3.05) is 0 Å². The molecule has 20 heavy (non-hydrogen) atoms. The van der Waals surface area contributed by atoms with Gasteiger partial charge in [0.05, 0.1) is 4.90 Å². The van der Waals surface area contributed by atoms with Crippen LogP contribution in [0.25, 0.3) is 0 Å². The highest BCUT2D eigenvalue weighted by atomic mass is 35.5. The topological polar surface area (TPSA) is 66.4 Å². The smallest absolute Gasteiger partial charge is 0.240 e. The number of halogens is 2. The van der Waals surface area contributed by atoms with E-state index >= 15 is 0 Å². The Labute approximate surface area is 127 Å². The van der Waals surface area contributed by atoms with Crippen molar-refractivity contribution < 1.29 is 13.5 Å². The van der Waals surface area contributed by atoms with Crippen molar-refractivity contribution in [1.29, 1.82) is 0 Å². The van der Waals surface area contributed by atoms with Crippen LogP contribution >= 0.6 is 23.2 Å². The first-order valence-electron chi connectivity index (χ1n) is 5.60. The first-order valence-corrected chi connectivity index (χ1v) is 7.84. The third-order valence-electron chi connectivity index (χ3n) is 2.55. The predicted octanol–water partition coefficient (Wildman–Crippen LogP) is 3.18. The Morgan fingerprint density at radius 3 is 2.10 bits per heavy atom. The van der Waals surface area contributed by atoms with Gasteiger partial charge in [0.2, 0.25) is 10.0 Å². The average Bonchev–Trinajstić information content (AvgIpc) is 2.37. The van der Waals surface area contributed by atoms with E-state index in [1.165, 1.54) is 30.3 Å². The number of rotatable bonds is 4. The van der Waals surface area contributed by atoms with Gasteiger partial charge in [-0.2, -0.15) is 0 Å². The van der Waals surface area contributed by atoms with Crippen LogP contribution in [0.5, 0.6) is 5.75 Å². The molecule has 0 bridgehead atoms. The fraction of sp³-hybridized carbons (Fsp3) is 0.0769. The van der Waals surface area contributed by atoms with Crippen molar-refractivity contribution in [3.05, 3.63) is 58.1 Å². The molecule has 0 heterocycles. The van der Waals surface area contributed by atoms with Crippen molar-refractivity contribution in [3.63, 3.8) is 0 Å². The SMILES string of the molecule is O=S(=O)(NCc1ccc(O)cc1)c1cc(Cl)cc(Cl)c1. The van der Waals surface area contributed by atoms with E-state index in [0.717, 1.165) is 5.56 Å². The van der Waals surface area contributed by atoms with Gasteiger partial charge in [0.15, 0.2) is 0 Å². The number of nitrogens with one attached hydrogen (secondary N) is 1. The van der Waals surface area contributed by atoms with E-state index in [1.807, 2.05) is 0 Å². The molecule has 0 saturated carbocycles. The van der Waals surface area contributed by atoms with Crippen molar-refractivity contribution >= 4 is 33.2 Å². The zero-order valence-corrected chi connectivity index (χ0v) is 12.5. The zero-order valence-electron chi connectivity index (χ0n) is 10.2. The third kappa shape index (κ3) is 3.86. The van der Waals surface area contributed by atoms with Crippen molar-refractivity contribution in [2.24, 2.45) is 0 Å². The summed E-state index contributed by atoms with van der Waals surface area (Å²) in [5, 5.41) is 9.66. The average molecular weight is 332 g/mol. The molecule has 2 rings (SSSR count). The molecule has 0 aliphatic heterocycles. The normalized spacial score (nSPS) is 11.5. The predicted molar refractivity (Wildman–Crippen MR) is 78.6 cm³/mol. The van der Waals surface area contributed by atoms with Crippen LogP contribution in [0.4, 0.5) is 0 Å². The highest BCUT2D eigenvalue weighted by Crippen LogP contribution is 2.22. The van der Waals surface area contributed by atoms with Gasteiger partial charge < -0.3 is 5.11 Å². The van der Waals surface area contributed by atoms with Gasteiger partial charge in [0.25, 0.3) is 0 Å². The van der Waals surface area contributed by atoms with Gasteiger partial charge in [-0.3, -0.25) is 0 Å². The van der Waals surface area contributed by atoms with Gasteiger partial charge in [-0.1, -0.05) is 35.3 Å². The van der Waals surface area contributed by atoms with E-state index in [0.29, 0.717) is 0 Å². The fourth-order valence-corrected chi connectivity index (χ4v) is 3.30. The first-order chi connectivity index (χ1) is 9.37. The molecule has 0 aliphatic rings. The molecule has 0 aromatic heterocycles. The molecule has 0 unspecified atom stereocenters. The Balaban J connectivity index is 2.16. The van der Waals surface area contributed by atoms with E-state index in [9.17, 15) is 8.42 Å². The van der Waals surface area contributed by atoms with Crippen LogP contribution in [-0.2, 0) is 16.6 Å². The maximum absolute atomic E-state index is 12.1. The molecule has 0 spiro atoms. The minimum atomic E-state index is -3.69. The molecule has 2 aromatic carbocycles. The molecule has 0 atom stereocenters. The molecule has 7 heteroatoms. The van der Waals surface area contributed by atoms with Crippen molar-refractivity contribution in [3.8, 4) is 5.75 Å². The second-order valence-electron chi connectivity index (χ2n) is 4.10. The summed E-state index contributed by atoms with van der Waals surface area (Å²) in [6.45, 7) is 0.104. The van der Waals surface area contributed by atoms with Crippen LogP contribution in [-0.4, -0.2) is 13.5 Å². The largest absolute Gasteiger partial charge is 0.508 e. The summed E-state index contributed by atoms with van der Waals surface area (Å²) in [6.07, 6.45) is 0. The van der Waals surface area contributed by atoms with E-state index in [1.54, 1.807) is 12.1 Å². The van der Waals surface area contributed by atoms with E-state index in [4.69, 9.17) is 28.3 Å². The number of aromatic hydroxyl groups is 1. The van der Waals surface area contributed by atoms with Crippen molar-refractivity contribution in [1.82, 2.24) is 4.72 Å². The summed E-state index contributed by atoms with van der Waals surface area (Å²) >= 11 is 11.6. The highest BCUT2D eigenvalue weighted by molar-refractivity contribution is 7.89. The number of hydrogen-bond acceptors (Lipinski definition) is 3. The number of hydrogen-bond donors (Lipinski definition) is 2. The Bertz CT molecular complexity index is 695. The molecular weight excluding hydrogens is 321 g/mol. The molecule has 0 aliphatic carbocycles. The van der Waals surface area contributed by atoms with E-state index in [-0.39, 0.29) is 27.2 Å². The first kappa shape index (κ1) is 15.1. The summed E-state index contributed by atoms with van der Waals surface area (Å²) in [5.41, 5.74) is 0.722. The minimum absolute atomic E-state index is 0.00813. The summed E-state index contributed by atoms with van der Waals surface area (Å²) in [6, 6.07) is 10.3. The monoisotopic (exact) mass is 331 g/mol. The van der Waals surface area contributed by atoms with Gasteiger partial charge in [0.1, 0.15) is 5.75 Å². The molecule has 2 aromatic rings. The second kappa shape index (κ2) is 6.01. The Morgan fingerprint density at radius 2 is 1.55 bits per heavy atom. The maximum Gasteiger partial charge on any atom is 0.240 e. The quantitative estimate of drug-likeness (QED) is 0.904. The lowest BCUT2D eigenvalue weighted by molar-refractivity contribution is 0.475. The Hall–Kier alpha value is -1.27. The van der Waals surface area contributed by atoms with Gasteiger partial charge in [0, 0.05) is 16.6 Å². The lowest BCUT2D eigenvalue weighted by Gasteiger charge is -2.08. The summed E-state index contributed by atoms with van der Waals surface area (Å²) in [7, 11) is -3.69. The molecule has 0 radical (unpaired) electrons. The molecule has 0 fully saturated rings. The molecule has 0 amide bonds. The summed E-state index contributed by atoms with van der Waals surface area (Å²) < 4.78 is 26.6. The van der Waals surface area contributed by atoms with Gasteiger partial charge in [-0.05, 0) is 35.9 Å². The van der Waals surface area contributed by atoms with E-state index in [2.05, 4.69) is 4.72 Å². The molecule has 2 N–H and O–H groups in total. The summed E-state index contributed by atoms with van der Waals surface area (Å²) in [4.78, 5) is 0.00813. The Kier molecular flexibility index (Phi) is 4.55. The van der Waals surface area contributed by atoms with Crippen molar-refractivity contribution in [2.45, 2.75) is 11.4 Å². The zero-order chi connectivity index (χ0) is 14.8. The van der Waals surface area contributed by atoms with Crippen LogP contribution in [0.15, 0.2) is 47.4 Å². The van der Waals surface area contributed by atoms with Crippen LogP contribution in [0.2, 0.25) is 10.0 Å². The number of sulfonamides is 1. The van der Waals surface area contributed by atoms with E-state index < -0.39 is 10.0 Å². The molecule has 106 valence electrons.